The van der Waals surface area contributed by atoms with Crippen LogP contribution in [0.3, 0.4) is 0 Å². The standard InChI is InChI=1S/C11H15FN4O3/c12-11-9-10(1-2-14-11)19-8-7-18-6-5-17-4-3-15-16-13/h1-2,9H,3-8H2. The Kier molecular flexibility index (Phi) is 8.04. The highest BCUT2D eigenvalue weighted by atomic mass is 19.1. The third-order valence-electron chi connectivity index (χ3n) is 1.97. The van der Waals surface area contributed by atoms with E-state index in [0.29, 0.717) is 45.3 Å². The summed E-state index contributed by atoms with van der Waals surface area (Å²) in [6.07, 6.45) is 1.34. The minimum absolute atomic E-state index is 0.313. The van der Waals surface area contributed by atoms with E-state index in [4.69, 9.17) is 19.7 Å². The number of hydrogen-bond acceptors (Lipinski definition) is 5. The van der Waals surface area contributed by atoms with Crippen molar-refractivity contribution in [2.45, 2.75) is 0 Å². The lowest BCUT2D eigenvalue weighted by Gasteiger charge is -2.07. The van der Waals surface area contributed by atoms with Gasteiger partial charge in [0.15, 0.2) is 0 Å². The fourth-order valence-corrected chi connectivity index (χ4v) is 1.16. The minimum Gasteiger partial charge on any atom is -0.491 e. The highest BCUT2D eigenvalue weighted by Crippen LogP contribution is 2.09. The fourth-order valence-electron chi connectivity index (χ4n) is 1.16. The summed E-state index contributed by atoms with van der Waals surface area (Å²) in [7, 11) is 0. The molecule has 19 heavy (non-hydrogen) atoms. The van der Waals surface area contributed by atoms with Crippen molar-refractivity contribution < 1.29 is 18.6 Å². The van der Waals surface area contributed by atoms with Gasteiger partial charge in [0.2, 0.25) is 5.95 Å². The van der Waals surface area contributed by atoms with Gasteiger partial charge in [-0.3, -0.25) is 0 Å². The average molecular weight is 270 g/mol. The zero-order valence-corrected chi connectivity index (χ0v) is 10.4. The highest BCUT2D eigenvalue weighted by molar-refractivity contribution is 5.17. The van der Waals surface area contributed by atoms with Crippen LogP contribution >= 0.6 is 0 Å². The fraction of sp³-hybridized carbons (Fsp3) is 0.545. The lowest BCUT2D eigenvalue weighted by Crippen LogP contribution is -2.11. The number of nitrogens with zero attached hydrogens (tertiary/aromatic N) is 4. The largest absolute Gasteiger partial charge is 0.491 e. The molecule has 0 aliphatic heterocycles. The summed E-state index contributed by atoms with van der Waals surface area (Å²) >= 11 is 0. The zero-order chi connectivity index (χ0) is 13.8. The van der Waals surface area contributed by atoms with Crippen molar-refractivity contribution in [1.29, 1.82) is 0 Å². The molecule has 0 saturated heterocycles. The van der Waals surface area contributed by atoms with E-state index < -0.39 is 5.95 Å². The van der Waals surface area contributed by atoms with Gasteiger partial charge in [-0.2, -0.15) is 4.39 Å². The molecule has 0 bridgehead atoms. The average Bonchev–Trinajstić information content (AvgIpc) is 2.41. The molecule has 0 radical (unpaired) electrons. The first-order valence-electron chi connectivity index (χ1n) is 5.73. The van der Waals surface area contributed by atoms with E-state index in [1.807, 2.05) is 0 Å². The maximum absolute atomic E-state index is 12.7. The molecule has 0 saturated carbocycles. The Morgan fingerprint density at radius 3 is 2.68 bits per heavy atom. The molecular formula is C11H15FN4O3. The second-order valence-electron chi connectivity index (χ2n) is 3.34. The maximum atomic E-state index is 12.7. The Morgan fingerprint density at radius 2 is 1.95 bits per heavy atom. The number of azide groups is 1. The van der Waals surface area contributed by atoms with Gasteiger partial charge in [0.25, 0.3) is 0 Å². The number of rotatable bonds is 10. The smallest absolute Gasteiger partial charge is 0.216 e. The van der Waals surface area contributed by atoms with E-state index in [1.165, 1.54) is 12.3 Å². The number of aromatic nitrogens is 1. The molecule has 0 spiro atoms. The van der Waals surface area contributed by atoms with Gasteiger partial charge in [-0.15, -0.1) is 0 Å². The topological polar surface area (TPSA) is 89.3 Å². The van der Waals surface area contributed by atoms with Crippen molar-refractivity contribution in [3.63, 3.8) is 0 Å². The molecular weight excluding hydrogens is 255 g/mol. The summed E-state index contributed by atoms with van der Waals surface area (Å²) in [6.45, 7) is 2.23. The van der Waals surface area contributed by atoms with Crippen molar-refractivity contribution in [1.82, 2.24) is 4.98 Å². The Morgan fingerprint density at radius 1 is 1.21 bits per heavy atom. The van der Waals surface area contributed by atoms with Crippen LogP contribution in [0.25, 0.3) is 10.4 Å². The molecule has 104 valence electrons. The maximum Gasteiger partial charge on any atom is 0.216 e. The lowest BCUT2D eigenvalue weighted by molar-refractivity contribution is 0.0387. The SMILES string of the molecule is [N-]=[N+]=NCCOCCOCCOc1ccnc(F)c1. The third kappa shape index (κ3) is 7.93. The molecule has 0 amide bonds. The molecule has 1 heterocycles. The molecule has 0 aliphatic rings. The van der Waals surface area contributed by atoms with E-state index in [0.717, 1.165) is 0 Å². The van der Waals surface area contributed by atoms with Crippen molar-refractivity contribution in [2.75, 3.05) is 39.6 Å². The monoisotopic (exact) mass is 270 g/mol. The molecule has 0 aliphatic carbocycles. The van der Waals surface area contributed by atoms with Gasteiger partial charge in [0.05, 0.1) is 26.4 Å². The van der Waals surface area contributed by atoms with Gasteiger partial charge >= 0.3 is 0 Å². The third-order valence-corrected chi connectivity index (χ3v) is 1.97. The highest BCUT2D eigenvalue weighted by Gasteiger charge is 1.96. The van der Waals surface area contributed by atoms with Crippen molar-refractivity contribution >= 4 is 0 Å². The van der Waals surface area contributed by atoms with Gasteiger partial charge in [0, 0.05) is 23.7 Å². The van der Waals surface area contributed by atoms with E-state index >= 15 is 0 Å². The van der Waals surface area contributed by atoms with Gasteiger partial charge < -0.3 is 14.2 Å². The van der Waals surface area contributed by atoms with Gasteiger partial charge in [-0.25, -0.2) is 4.98 Å². The minimum atomic E-state index is -0.577. The summed E-state index contributed by atoms with van der Waals surface area (Å²) in [6, 6.07) is 2.78. The Balaban J connectivity index is 1.92. The van der Waals surface area contributed by atoms with Gasteiger partial charge in [0.1, 0.15) is 12.4 Å². The second-order valence-corrected chi connectivity index (χ2v) is 3.34. The van der Waals surface area contributed by atoms with Crippen LogP contribution in [0.2, 0.25) is 0 Å². The van der Waals surface area contributed by atoms with Crippen LogP contribution in [-0.2, 0) is 9.47 Å². The Labute approximate surface area is 109 Å². The van der Waals surface area contributed by atoms with Crippen LogP contribution < -0.4 is 4.74 Å². The van der Waals surface area contributed by atoms with Crippen LogP contribution in [0.1, 0.15) is 0 Å². The second kappa shape index (κ2) is 10.1. The quantitative estimate of drug-likeness (QED) is 0.214. The molecule has 1 aromatic heterocycles. The predicted molar refractivity (Wildman–Crippen MR) is 65.3 cm³/mol. The number of ether oxygens (including phenoxy) is 3. The van der Waals surface area contributed by atoms with Gasteiger partial charge in [-0.05, 0) is 11.6 Å². The Hall–Kier alpha value is -1.89. The number of hydrogen-bond donors (Lipinski definition) is 0. The van der Waals surface area contributed by atoms with Gasteiger partial charge in [-0.1, -0.05) is 5.11 Å². The van der Waals surface area contributed by atoms with Crippen LogP contribution in [-0.4, -0.2) is 44.6 Å². The van der Waals surface area contributed by atoms with Crippen LogP contribution in [0.15, 0.2) is 23.4 Å². The number of pyridine rings is 1. The molecule has 0 N–H and O–H groups in total. The molecule has 0 aromatic carbocycles. The van der Waals surface area contributed by atoms with Crippen LogP contribution in [0.5, 0.6) is 5.75 Å². The normalized spacial score (nSPS) is 9.95. The van der Waals surface area contributed by atoms with Crippen molar-refractivity contribution in [3.05, 3.63) is 34.7 Å². The summed E-state index contributed by atoms with van der Waals surface area (Å²) < 4.78 is 28.3. The molecule has 0 atom stereocenters. The predicted octanol–water partition coefficient (Wildman–Crippen LogP) is 1.94. The summed E-state index contributed by atoms with van der Waals surface area (Å²) in [5.41, 5.74) is 8.01. The molecule has 0 unspecified atom stereocenters. The van der Waals surface area contributed by atoms with Crippen molar-refractivity contribution in [3.8, 4) is 5.75 Å². The van der Waals surface area contributed by atoms with E-state index in [1.54, 1.807) is 6.07 Å². The van der Waals surface area contributed by atoms with Crippen LogP contribution in [0.4, 0.5) is 4.39 Å². The van der Waals surface area contributed by atoms with E-state index in [9.17, 15) is 4.39 Å². The molecule has 0 fully saturated rings. The van der Waals surface area contributed by atoms with Crippen molar-refractivity contribution in [2.24, 2.45) is 5.11 Å². The summed E-state index contributed by atoms with van der Waals surface area (Å²) in [4.78, 5) is 6.01. The number of halogens is 1. The first kappa shape index (κ1) is 15.2. The first-order valence-corrected chi connectivity index (χ1v) is 5.73. The summed E-state index contributed by atoms with van der Waals surface area (Å²) in [5.74, 6) is -0.159. The molecule has 1 rings (SSSR count). The van der Waals surface area contributed by atoms with E-state index in [-0.39, 0.29) is 0 Å². The molecule has 8 heteroatoms. The van der Waals surface area contributed by atoms with Crippen LogP contribution in [0, 0.1) is 5.95 Å². The molecule has 7 nitrogen and oxygen atoms in total. The Bertz CT molecular complexity index is 413. The van der Waals surface area contributed by atoms with E-state index in [2.05, 4.69) is 15.0 Å². The lowest BCUT2D eigenvalue weighted by atomic mass is 10.4. The zero-order valence-electron chi connectivity index (χ0n) is 10.4. The summed E-state index contributed by atoms with van der Waals surface area (Å²) in [5, 5.41) is 3.32. The first-order chi connectivity index (χ1) is 9.33. The molecule has 1 aromatic rings.